The summed E-state index contributed by atoms with van der Waals surface area (Å²) in [5.41, 5.74) is 0. The SMILES string of the molecule is CC(C)CN(CC1CC(C)CCC1O)C1CCCC1. The van der Waals surface area contributed by atoms with Crippen molar-refractivity contribution < 1.29 is 5.11 Å². The average Bonchev–Trinajstić information content (AvgIpc) is 2.86. The van der Waals surface area contributed by atoms with Crippen molar-refractivity contribution in [1.29, 1.82) is 0 Å². The molecule has 2 aliphatic rings. The molecule has 0 bridgehead atoms. The second-order valence-corrected chi connectivity index (χ2v) is 7.53. The predicted molar refractivity (Wildman–Crippen MR) is 81.2 cm³/mol. The maximum atomic E-state index is 10.3. The van der Waals surface area contributed by atoms with E-state index in [4.69, 9.17) is 0 Å². The maximum Gasteiger partial charge on any atom is 0.0580 e. The van der Waals surface area contributed by atoms with Gasteiger partial charge in [0.25, 0.3) is 0 Å². The molecule has 2 nitrogen and oxygen atoms in total. The van der Waals surface area contributed by atoms with Crippen LogP contribution in [-0.4, -0.2) is 35.2 Å². The molecule has 3 unspecified atom stereocenters. The summed E-state index contributed by atoms with van der Waals surface area (Å²) in [4.78, 5) is 2.71. The van der Waals surface area contributed by atoms with Crippen LogP contribution >= 0.6 is 0 Å². The van der Waals surface area contributed by atoms with E-state index in [1.807, 2.05) is 0 Å². The maximum absolute atomic E-state index is 10.3. The number of hydrogen-bond acceptors (Lipinski definition) is 2. The van der Waals surface area contributed by atoms with E-state index >= 15 is 0 Å². The summed E-state index contributed by atoms with van der Waals surface area (Å²) < 4.78 is 0. The van der Waals surface area contributed by atoms with Gasteiger partial charge in [0.05, 0.1) is 6.10 Å². The third kappa shape index (κ3) is 4.46. The Kier molecular flexibility index (Phi) is 5.70. The molecule has 0 aromatic heterocycles. The molecule has 2 aliphatic carbocycles. The summed E-state index contributed by atoms with van der Waals surface area (Å²) in [5, 5.41) is 10.3. The molecule has 1 N–H and O–H groups in total. The summed E-state index contributed by atoms with van der Waals surface area (Å²) in [5.74, 6) is 2.06. The molecule has 2 rings (SSSR count). The fourth-order valence-corrected chi connectivity index (χ4v) is 4.09. The van der Waals surface area contributed by atoms with Crippen molar-refractivity contribution in [2.75, 3.05) is 13.1 Å². The molecule has 2 fully saturated rings. The highest BCUT2D eigenvalue weighted by Gasteiger charge is 2.31. The molecule has 0 radical (unpaired) electrons. The minimum Gasteiger partial charge on any atom is -0.393 e. The van der Waals surface area contributed by atoms with Crippen LogP contribution in [0.2, 0.25) is 0 Å². The van der Waals surface area contributed by atoms with Gasteiger partial charge in [0.1, 0.15) is 0 Å². The zero-order valence-electron chi connectivity index (χ0n) is 13.1. The Morgan fingerprint density at radius 3 is 2.42 bits per heavy atom. The fraction of sp³-hybridized carbons (Fsp3) is 1.00. The number of rotatable bonds is 5. The van der Waals surface area contributed by atoms with Gasteiger partial charge in [0.15, 0.2) is 0 Å². The Bertz CT molecular complexity index is 260. The molecule has 2 saturated carbocycles. The Morgan fingerprint density at radius 2 is 1.79 bits per heavy atom. The van der Waals surface area contributed by atoms with E-state index < -0.39 is 0 Å². The lowest BCUT2D eigenvalue weighted by Gasteiger charge is -2.38. The molecule has 0 heterocycles. The molecular weight excluding hydrogens is 234 g/mol. The summed E-state index contributed by atoms with van der Waals surface area (Å²) >= 11 is 0. The molecule has 0 saturated heterocycles. The number of aliphatic hydroxyl groups excluding tert-OH is 1. The second kappa shape index (κ2) is 7.08. The number of aliphatic hydroxyl groups is 1. The molecule has 0 spiro atoms. The first kappa shape index (κ1) is 15.3. The lowest BCUT2D eigenvalue weighted by Crippen LogP contribution is -2.44. The van der Waals surface area contributed by atoms with E-state index in [0.717, 1.165) is 30.8 Å². The fourth-order valence-electron chi connectivity index (χ4n) is 4.09. The van der Waals surface area contributed by atoms with Crippen LogP contribution < -0.4 is 0 Å². The normalized spacial score (nSPS) is 33.5. The van der Waals surface area contributed by atoms with Crippen LogP contribution in [0.4, 0.5) is 0 Å². The third-order valence-electron chi connectivity index (χ3n) is 5.11. The first-order valence-corrected chi connectivity index (χ1v) is 8.48. The van der Waals surface area contributed by atoms with Crippen LogP contribution in [0.1, 0.15) is 65.7 Å². The molecule has 19 heavy (non-hydrogen) atoms. The van der Waals surface area contributed by atoms with E-state index in [-0.39, 0.29) is 6.10 Å². The smallest absolute Gasteiger partial charge is 0.0580 e. The minimum absolute atomic E-state index is 0.0488. The topological polar surface area (TPSA) is 23.5 Å². The highest BCUT2D eigenvalue weighted by Crippen LogP contribution is 2.32. The van der Waals surface area contributed by atoms with E-state index in [1.165, 1.54) is 45.1 Å². The molecule has 0 aromatic carbocycles. The van der Waals surface area contributed by atoms with Gasteiger partial charge in [0.2, 0.25) is 0 Å². The second-order valence-electron chi connectivity index (χ2n) is 7.53. The van der Waals surface area contributed by atoms with Crippen LogP contribution in [-0.2, 0) is 0 Å². The molecule has 2 heteroatoms. The Labute approximate surface area is 119 Å². The number of hydrogen-bond donors (Lipinski definition) is 1. The van der Waals surface area contributed by atoms with E-state index in [1.54, 1.807) is 0 Å². The van der Waals surface area contributed by atoms with E-state index in [0.29, 0.717) is 5.92 Å². The predicted octanol–water partition coefficient (Wildman–Crippen LogP) is 3.68. The van der Waals surface area contributed by atoms with Crippen molar-refractivity contribution in [2.24, 2.45) is 17.8 Å². The van der Waals surface area contributed by atoms with Crippen molar-refractivity contribution in [2.45, 2.75) is 77.9 Å². The summed E-state index contributed by atoms with van der Waals surface area (Å²) in [7, 11) is 0. The van der Waals surface area contributed by atoms with Gasteiger partial charge >= 0.3 is 0 Å². The van der Waals surface area contributed by atoms with Crippen molar-refractivity contribution >= 4 is 0 Å². The van der Waals surface area contributed by atoms with Crippen LogP contribution in [0.5, 0.6) is 0 Å². The van der Waals surface area contributed by atoms with E-state index in [9.17, 15) is 5.11 Å². The average molecular weight is 267 g/mol. The van der Waals surface area contributed by atoms with Crippen molar-refractivity contribution in [3.05, 3.63) is 0 Å². The first-order valence-electron chi connectivity index (χ1n) is 8.48. The van der Waals surface area contributed by atoms with Gasteiger partial charge in [0, 0.05) is 19.1 Å². The van der Waals surface area contributed by atoms with Crippen LogP contribution in [0, 0.1) is 17.8 Å². The lowest BCUT2D eigenvalue weighted by atomic mass is 9.80. The Hall–Kier alpha value is -0.0800. The number of nitrogens with zero attached hydrogens (tertiary/aromatic N) is 1. The standard InChI is InChI=1S/C17H33NO/c1-13(2)11-18(16-6-4-5-7-16)12-15-10-14(3)8-9-17(15)19/h13-17,19H,4-12H2,1-3H3. The molecule has 0 amide bonds. The first-order chi connectivity index (χ1) is 9.06. The van der Waals surface area contributed by atoms with Gasteiger partial charge in [-0.1, -0.05) is 33.6 Å². The molecule has 0 aliphatic heterocycles. The van der Waals surface area contributed by atoms with Gasteiger partial charge in [-0.05, 0) is 49.9 Å². The summed E-state index contributed by atoms with van der Waals surface area (Å²) in [6, 6.07) is 0.798. The van der Waals surface area contributed by atoms with Gasteiger partial charge in [-0.15, -0.1) is 0 Å². The Balaban J connectivity index is 1.93. The molecular formula is C17H33NO. The van der Waals surface area contributed by atoms with Crippen LogP contribution in [0.15, 0.2) is 0 Å². The highest BCUT2D eigenvalue weighted by molar-refractivity contribution is 4.85. The molecule has 112 valence electrons. The zero-order valence-corrected chi connectivity index (χ0v) is 13.1. The van der Waals surface area contributed by atoms with Crippen molar-refractivity contribution in [3.63, 3.8) is 0 Å². The minimum atomic E-state index is -0.0488. The van der Waals surface area contributed by atoms with Crippen molar-refractivity contribution in [1.82, 2.24) is 4.90 Å². The van der Waals surface area contributed by atoms with Gasteiger partial charge in [-0.25, -0.2) is 0 Å². The Morgan fingerprint density at radius 1 is 1.11 bits per heavy atom. The lowest BCUT2D eigenvalue weighted by molar-refractivity contribution is 0.0191. The largest absolute Gasteiger partial charge is 0.393 e. The van der Waals surface area contributed by atoms with Crippen LogP contribution in [0.3, 0.4) is 0 Å². The summed E-state index contributed by atoms with van der Waals surface area (Å²) in [6.07, 6.45) is 8.98. The van der Waals surface area contributed by atoms with Gasteiger partial charge in [-0.3, -0.25) is 4.90 Å². The van der Waals surface area contributed by atoms with Crippen LogP contribution in [0.25, 0.3) is 0 Å². The van der Waals surface area contributed by atoms with Gasteiger partial charge < -0.3 is 5.11 Å². The molecule has 3 atom stereocenters. The van der Waals surface area contributed by atoms with E-state index in [2.05, 4.69) is 25.7 Å². The summed E-state index contributed by atoms with van der Waals surface area (Å²) in [6.45, 7) is 9.33. The van der Waals surface area contributed by atoms with Gasteiger partial charge in [-0.2, -0.15) is 0 Å². The quantitative estimate of drug-likeness (QED) is 0.821. The zero-order chi connectivity index (χ0) is 13.8. The monoisotopic (exact) mass is 267 g/mol. The third-order valence-corrected chi connectivity index (χ3v) is 5.11. The highest BCUT2D eigenvalue weighted by atomic mass is 16.3. The molecule has 0 aromatic rings. The van der Waals surface area contributed by atoms with Crippen molar-refractivity contribution in [3.8, 4) is 0 Å².